The minimum atomic E-state index is 0.505. The Morgan fingerprint density at radius 1 is 1.19 bits per heavy atom. The zero-order chi connectivity index (χ0) is 14.8. The zero-order valence-corrected chi connectivity index (χ0v) is 13.8. The van der Waals surface area contributed by atoms with Crippen molar-refractivity contribution in [1.82, 2.24) is 9.97 Å². The highest BCUT2D eigenvalue weighted by molar-refractivity contribution is 9.10. The molecule has 2 aromatic rings. The number of hydrogen-bond donors (Lipinski definition) is 2. The van der Waals surface area contributed by atoms with Crippen LogP contribution in [0, 0.1) is 0 Å². The van der Waals surface area contributed by atoms with Gasteiger partial charge in [-0.1, -0.05) is 24.4 Å². The van der Waals surface area contributed by atoms with Crippen molar-refractivity contribution < 1.29 is 0 Å². The predicted molar refractivity (Wildman–Crippen MR) is 89.2 cm³/mol. The normalized spacial score (nSPS) is 15.4. The van der Waals surface area contributed by atoms with Crippen molar-refractivity contribution in [3.8, 4) is 11.4 Å². The Morgan fingerprint density at radius 2 is 1.95 bits per heavy atom. The molecule has 0 spiro atoms. The molecule has 1 saturated carbocycles. The molecule has 1 aromatic heterocycles. The first-order valence-electron chi connectivity index (χ1n) is 6.98. The smallest absolute Gasteiger partial charge is 0.162 e. The lowest BCUT2D eigenvalue weighted by molar-refractivity contribution is 0.695. The molecule has 110 valence electrons. The van der Waals surface area contributed by atoms with Gasteiger partial charge in [0.05, 0.1) is 0 Å². The highest BCUT2D eigenvalue weighted by atomic mass is 79.9. The van der Waals surface area contributed by atoms with Crippen LogP contribution in [0.1, 0.15) is 37.3 Å². The predicted octanol–water partition coefficient (Wildman–Crippen LogP) is 4.50. The fourth-order valence-electron chi connectivity index (χ4n) is 2.76. The summed E-state index contributed by atoms with van der Waals surface area (Å²) in [5, 5.41) is 0.676. The number of anilines is 1. The summed E-state index contributed by atoms with van der Waals surface area (Å²) in [4.78, 5) is 9.21. The van der Waals surface area contributed by atoms with Crippen LogP contribution in [-0.4, -0.2) is 9.97 Å². The van der Waals surface area contributed by atoms with E-state index in [2.05, 4.69) is 26.3 Å². The van der Waals surface area contributed by atoms with Gasteiger partial charge in [-0.15, -0.1) is 0 Å². The number of nitrogens with one attached hydrogen (secondary N) is 1. The number of rotatable bonds is 3. The van der Waals surface area contributed by atoms with Gasteiger partial charge in [0.25, 0.3) is 0 Å². The van der Waals surface area contributed by atoms with Crippen molar-refractivity contribution in [2.45, 2.75) is 31.6 Å². The first-order chi connectivity index (χ1) is 10.2. The van der Waals surface area contributed by atoms with Gasteiger partial charge >= 0.3 is 0 Å². The van der Waals surface area contributed by atoms with Gasteiger partial charge in [-0.05, 0) is 47.0 Å². The number of nitrogens with zero attached hydrogens (tertiary/aromatic N) is 2. The minimum Gasteiger partial charge on any atom is -0.308 e. The van der Waals surface area contributed by atoms with Crippen LogP contribution in [0.2, 0.25) is 5.02 Å². The molecule has 0 aliphatic heterocycles. The molecule has 0 amide bonds. The molecule has 0 unspecified atom stereocenters. The third kappa shape index (κ3) is 3.20. The summed E-state index contributed by atoms with van der Waals surface area (Å²) in [6.07, 6.45) is 4.89. The molecule has 4 nitrogen and oxygen atoms in total. The van der Waals surface area contributed by atoms with Crippen LogP contribution in [0.4, 0.5) is 5.82 Å². The summed E-state index contributed by atoms with van der Waals surface area (Å²) >= 11 is 9.52. The first kappa shape index (κ1) is 14.8. The Labute approximate surface area is 137 Å². The SMILES string of the molecule is NNc1cc(C2CCCC2)nc(-c2ccc(Cl)cc2Br)n1. The molecule has 1 aromatic carbocycles. The largest absolute Gasteiger partial charge is 0.308 e. The van der Waals surface area contributed by atoms with Crippen molar-refractivity contribution >= 4 is 33.3 Å². The van der Waals surface area contributed by atoms with Gasteiger partial charge in [0.15, 0.2) is 5.82 Å². The summed E-state index contributed by atoms with van der Waals surface area (Å²) < 4.78 is 0.876. The molecular weight excluding hydrogens is 352 g/mol. The van der Waals surface area contributed by atoms with Crippen molar-refractivity contribution in [2.75, 3.05) is 5.43 Å². The fourth-order valence-corrected chi connectivity index (χ4v) is 3.62. The second-order valence-corrected chi connectivity index (χ2v) is 6.54. The molecule has 21 heavy (non-hydrogen) atoms. The molecule has 3 N–H and O–H groups in total. The number of hydrogen-bond acceptors (Lipinski definition) is 4. The molecule has 1 fully saturated rings. The molecule has 3 rings (SSSR count). The van der Waals surface area contributed by atoms with E-state index in [1.165, 1.54) is 25.7 Å². The van der Waals surface area contributed by atoms with E-state index in [0.717, 1.165) is 15.7 Å². The third-order valence-electron chi connectivity index (χ3n) is 3.84. The van der Waals surface area contributed by atoms with Crippen LogP contribution in [0.3, 0.4) is 0 Å². The summed E-state index contributed by atoms with van der Waals surface area (Å²) in [5.74, 6) is 7.36. The summed E-state index contributed by atoms with van der Waals surface area (Å²) in [7, 11) is 0. The van der Waals surface area contributed by atoms with E-state index >= 15 is 0 Å². The maximum Gasteiger partial charge on any atom is 0.162 e. The topological polar surface area (TPSA) is 63.8 Å². The molecule has 6 heteroatoms. The fraction of sp³-hybridized carbons (Fsp3) is 0.333. The van der Waals surface area contributed by atoms with E-state index in [9.17, 15) is 0 Å². The average Bonchev–Trinajstić information content (AvgIpc) is 3.01. The Balaban J connectivity index is 2.06. The van der Waals surface area contributed by atoms with Crippen molar-refractivity contribution in [3.05, 3.63) is 39.5 Å². The van der Waals surface area contributed by atoms with Crippen LogP contribution in [0.5, 0.6) is 0 Å². The van der Waals surface area contributed by atoms with E-state index < -0.39 is 0 Å². The monoisotopic (exact) mass is 366 g/mol. The maximum absolute atomic E-state index is 5.99. The highest BCUT2D eigenvalue weighted by Gasteiger charge is 2.20. The number of nitrogen functional groups attached to an aromatic ring is 1. The second-order valence-electron chi connectivity index (χ2n) is 5.25. The van der Waals surface area contributed by atoms with Crippen LogP contribution in [0.25, 0.3) is 11.4 Å². The molecule has 0 radical (unpaired) electrons. The Morgan fingerprint density at radius 3 is 2.62 bits per heavy atom. The lowest BCUT2D eigenvalue weighted by Crippen LogP contribution is -2.11. The molecule has 1 heterocycles. The van der Waals surface area contributed by atoms with Crippen LogP contribution < -0.4 is 11.3 Å². The van der Waals surface area contributed by atoms with Gasteiger partial charge in [-0.25, -0.2) is 15.8 Å². The Bertz CT molecular complexity index is 656. The average molecular weight is 368 g/mol. The quantitative estimate of drug-likeness (QED) is 0.619. The summed E-state index contributed by atoms with van der Waals surface area (Å²) in [6, 6.07) is 7.55. The first-order valence-corrected chi connectivity index (χ1v) is 8.15. The lowest BCUT2D eigenvalue weighted by atomic mass is 10.0. The van der Waals surface area contributed by atoms with E-state index in [0.29, 0.717) is 22.6 Å². The van der Waals surface area contributed by atoms with Gasteiger partial charge in [-0.3, -0.25) is 0 Å². The number of benzene rings is 1. The van der Waals surface area contributed by atoms with E-state index in [1.807, 2.05) is 24.3 Å². The minimum absolute atomic E-state index is 0.505. The van der Waals surface area contributed by atoms with Crippen LogP contribution >= 0.6 is 27.5 Å². The number of hydrazine groups is 1. The summed E-state index contributed by atoms with van der Waals surface area (Å²) in [5.41, 5.74) is 4.61. The van der Waals surface area contributed by atoms with Crippen LogP contribution in [0.15, 0.2) is 28.7 Å². The van der Waals surface area contributed by atoms with Gasteiger partial charge in [-0.2, -0.15) is 0 Å². The van der Waals surface area contributed by atoms with E-state index in [1.54, 1.807) is 0 Å². The van der Waals surface area contributed by atoms with Gasteiger partial charge in [0.1, 0.15) is 5.82 Å². The van der Waals surface area contributed by atoms with Crippen molar-refractivity contribution in [3.63, 3.8) is 0 Å². The van der Waals surface area contributed by atoms with Gasteiger partial charge in [0, 0.05) is 32.7 Å². The van der Waals surface area contributed by atoms with Crippen LogP contribution in [-0.2, 0) is 0 Å². The van der Waals surface area contributed by atoms with Crippen molar-refractivity contribution in [2.24, 2.45) is 5.84 Å². The van der Waals surface area contributed by atoms with Crippen molar-refractivity contribution in [1.29, 1.82) is 0 Å². The van der Waals surface area contributed by atoms with Gasteiger partial charge in [0.2, 0.25) is 0 Å². The summed E-state index contributed by atoms with van der Waals surface area (Å²) in [6.45, 7) is 0. The zero-order valence-electron chi connectivity index (χ0n) is 11.4. The maximum atomic E-state index is 5.99. The lowest BCUT2D eigenvalue weighted by Gasteiger charge is -2.13. The molecule has 1 aliphatic rings. The molecule has 0 bridgehead atoms. The number of aromatic nitrogens is 2. The molecular formula is C15H16BrClN4. The Hall–Kier alpha value is -1.17. The molecule has 1 aliphatic carbocycles. The van der Waals surface area contributed by atoms with Gasteiger partial charge < -0.3 is 5.43 Å². The third-order valence-corrected chi connectivity index (χ3v) is 4.73. The highest BCUT2D eigenvalue weighted by Crippen LogP contribution is 2.35. The molecule has 0 atom stereocenters. The second kappa shape index (κ2) is 6.30. The van der Waals surface area contributed by atoms with E-state index in [4.69, 9.17) is 22.4 Å². The standard InChI is InChI=1S/C15H16BrClN4/c16-12-7-10(17)5-6-11(12)15-19-13(8-14(20-15)21-18)9-3-1-2-4-9/h5-9H,1-4,18H2,(H,19,20,21). The number of nitrogens with two attached hydrogens (primary N) is 1. The number of halogens is 2. The Kier molecular flexibility index (Phi) is 4.42. The van der Waals surface area contributed by atoms with E-state index in [-0.39, 0.29) is 0 Å². The molecule has 0 saturated heterocycles.